The van der Waals surface area contributed by atoms with Gasteiger partial charge in [0, 0.05) is 31.5 Å². The van der Waals surface area contributed by atoms with Gasteiger partial charge in [-0.05, 0) is 30.7 Å². The Morgan fingerprint density at radius 3 is 2.92 bits per heavy atom. The summed E-state index contributed by atoms with van der Waals surface area (Å²) in [6.07, 6.45) is 1.67. The van der Waals surface area contributed by atoms with Gasteiger partial charge in [0.1, 0.15) is 5.76 Å². The van der Waals surface area contributed by atoms with Crippen LogP contribution < -0.4 is 5.32 Å². The van der Waals surface area contributed by atoms with Gasteiger partial charge in [0.15, 0.2) is 10.8 Å². The molecular formula is C19H19N3O2S. The maximum atomic E-state index is 11.3. The van der Waals surface area contributed by atoms with Gasteiger partial charge < -0.3 is 9.73 Å². The molecule has 6 heteroatoms. The van der Waals surface area contributed by atoms with Crippen molar-refractivity contribution in [2.75, 3.05) is 19.6 Å². The number of likely N-dealkylation sites (tertiary alicyclic amines) is 1. The van der Waals surface area contributed by atoms with Crippen LogP contribution in [0, 0.1) is 5.41 Å². The monoisotopic (exact) mass is 353 g/mol. The highest BCUT2D eigenvalue weighted by atomic mass is 32.1. The van der Waals surface area contributed by atoms with E-state index in [0.717, 1.165) is 54.6 Å². The van der Waals surface area contributed by atoms with E-state index in [9.17, 15) is 4.79 Å². The van der Waals surface area contributed by atoms with Gasteiger partial charge >= 0.3 is 0 Å². The zero-order chi connectivity index (χ0) is 16.9. The first-order valence-corrected chi connectivity index (χ1v) is 9.45. The van der Waals surface area contributed by atoms with Gasteiger partial charge in [-0.15, -0.1) is 11.3 Å². The molecule has 0 radical (unpaired) electrons. The highest BCUT2D eigenvalue weighted by Gasteiger charge is 2.45. The van der Waals surface area contributed by atoms with Crippen molar-refractivity contribution in [2.45, 2.75) is 19.4 Å². The molecule has 5 rings (SSSR count). The highest BCUT2D eigenvalue weighted by molar-refractivity contribution is 7.21. The number of piperidine rings is 1. The van der Waals surface area contributed by atoms with Gasteiger partial charge in [0.2, 0.25) is 5.91 Å². The Balaban J connectivity index is 1.26. The largest absolute Gasteiger partial charge is 0.457 e. The first-order chi connectivity index (χ1) is 12.2. The fraction of sp³-hybridized carbons (Fsp3) is 0.368. The number of hydrogen-bond donors (Lipinski definition) is 1. The topological polar surface area (TPSA) is 58.4 Å². The number of hydrogen-bond acceptors (Lipinski definition) is 5. The maximum absolute atomic E-state index is 11.3. The van der Waals surface area contributed by atoms with E-state index in [-0.39, 0.29) is 11.3 Å². The van der Waals surface area contributed by atoms with Gasteiger partial charge in [-0.1, -0.05) is 12.1 Å². The lowest BCUT2D eigenvalue weighted by atomic mass is 9.74. The SMILES string of the molecule is O=C1CCC2(CN1)CN(Cc1ccc(-c3nc4ccccc4s3)o1)C2. The molecule has 128 valence electrons. The zero-order valence-corrected chi connectivity index (χ0v) is 14.6. The Bertz CT molecular complexity index is 894. The number of aromatic nitrogens is 1. The Labute approximate surface area is 149 Å². The van der Waals surface area contributed by atoms with Crippen LogP contribution in [0.4, 0.5) is 0 Å². The molecule has 2 saturated heterocycles. The second-order valence-corrected chi connectivity index (χ2v) is 8.21. The number of carbonyl (C=O) groups is 1. The minimum atomic E-state index is 0.190. The summed E-state index contributed by atoms with van der Waals surface area (Å²) >= 11 is 1.66. The van der Waals surface area contributed by atoms with Crippen molar-refractivity contribution < 1.29 is 9.21 Å². The maximum Gasteiger partial charge on any atom is 0.220 e. The minimum Gasteiger partial charge on any atom is -0.457 e. The van der Waals surface area contributed by atoms with Crippen molar-refractivity contribution in [1.82, 2.24) is 15.2 Å². The van der Waals surface area contributed by atoms with Crippen molar-refractivity contribution >= 4 is 27.5 Å². The Hall–Kier alpha value is -2.18. The van der Waals surface area contributed by atoms with Crippen molar-refractivity contribution in [3.63, 3.8) is 0 Å². The van der Waals surface area contributed by atoms with Crippen molar-refractivity contribution in [1.29, 1.82) is 0 Å². The molecule has 5 nitrogen and oxygen atoms in total. The Morgan fingerprint density at radius 2 is 2.12 bits per heavy atom. The average Bonchev–Trinajstić information content (AvgIpc) is 3.22. The predicted octanol–water partition coefficient (Wildman–Crippen LogP) is 3.27. The van der Waals surface area contributed by atoms with Gasteiger partial charge in [-0.25, -0.2) is 4.98 Å². The molecular weight excluding hydrogens is 334 g/mol. The third-order valence-corrected chi connectivity index (χ3v) is 6.26. The van der Waals surface area contributed by atoms with Crippen molar-refractivity contribution in [2.24, 2.45) is 5.41 Å². The lowest BCUT2D eigenvalue weighted by molar-refractivity contribution is -0.128. The zero-order valence-electron chi connectivity index (χ0n) is 13.8. The number of nitrogens with one attached hydrogen (secondary N) is 1. The summed E-state index contributed by atoms with van der Waals surface area (Å²) in [7, 11) is 0. The molecule has 1 amide bonds. The van der Waals surface area contributed by atoms with E-state index >= 15 is 0 Å². The summed E-state index contributed by atoms with van der Waals surface area (Å²) < 4.78 is 7.22. The summed E-state index contributed by atoms with van der Waals surface area (Å²) in [6, 6.07) is 12.2. The van der Waals surface area contributed by atoms with Crippen LogP contribution in [0.5, 0.6) is 0 Å². The minimum absolute atomic E-state index is 0.190. The van der Waals surface area contributed by atoms with Crippen LogP contribution >= 0.6 is 11.3 Å². The van der Waals surface area contributed by atoms with E-state index in [1.54, 1.807) is 11.3 Å². The molecule has 0 atom stereocenters. The standard InChI is InChI=1S/C19H19N3O2S/c23-17-7-8-19(10-20-17)11-22(12-19)9-13-5-6-15(24-13)18-21-14-3-1-2-4-16(14)25-18/h1-6H,7-12H2,(H,20,23). The highest BCUT2D eigenvalue weighted by Crippen LogP contribution is 2.38. The van der Waals surface area contributed by atoms with E-state index in [0.29, 0.717) is 6.42 Å². The lowest BCUT2D eigenvalue weighted by Crippen LogP contribution is -2.62. The molecule has 2 aliphatic heterocycles. The first kappa shape index (κ1) is 15.1. The van der Waals surface area contributed by atoms with Crippen molar-refractivity contribution in [3.8, 4) is 10.8 Å². The fourth-order valence-corrected chi connectivity index (χ4v) is 4.83. The average molecular weight is 353 g/mol. The molecule has 0 saturated carbocycles. The quantitative estimate of drug-likeness (QED) is 0.785. The third-order valence-electron chi connectivity index (χ3n) is 5.21. The third kappa shape index (κ3) is 2.75. The number of benzene rings is 1. The first-order valence-electron chi connectivity index (χ1n) is 8.63. The normalized spacial score (nSPS) is 19.9. The molecule has 25 heavy (non-hydrogen) atoms. The van der Waals surface area contributed by atoms with Crippen LogP contribution in [-0.4, -0.2) is 35.4 Å². The van der Waals surface area contributed by atoms with Crippen LogP contribution in [-0.2, 0) is 11.3 Å². The molecule has 1 spiro atoms. The second kappa shape index (κ2) is 5.68. The molecule has 4 heterocycles. The van der Waals surface area contributed by atoms with E-state index < -0.39 is 0 Å². The number of carbonyl (C=O) groups excluding carboxylic acids is 1. The van der Waals surface area contributed by atoms with E-state index in [4.69, 9.17) is 4.42 Å². The molecule has 0 bridgehead atoms. The summed E-state index contributed by atoms with van der Waals surface area (Å²) in [5, 5.41) is 3.93. The van der Waals surface area contributed by atoms with Gasteiger partial charge in [-0.2, -0.15) is 0 Å². The molecule has 2 aliphatic rings. The fourth-order valence-electron chi connectivity index (χ4n) is 3.90. The number of rotatable bonds is 3. The lowest BCUT2D eigenvalue weighted by Gasteiger charge is -2.51. The Morgan fingerprint density at radius 1 is 1.24 bits per heavy atom. The van der Waals surface area contributed by atoms with E-state index in [1.165, 1.54) is 4.70 Å². The summed E-state index contributed by atoms with van der Waals surface area (Å²) in [5.41, 5.74) is 1.31. The molecule has 2 fully saturated rings. The van der Waals surface area contributed by atoms with Gasteiger partial charge in [0.05, 0.1) is 16.8 Å². The molecule has 1 N–H and O–H groups in total. The van der Waals surface area contributed by atoms with Crippen LogP contribution in [0.2, 0.25) is 0 Å². The molecule has 0 aliphatic carbocycles. The van der Waals surface area contributed by atoms with Crippen LogP contribution in [0.1, 0.15) is 18.6 Å². The van der Waals surface area contributed by atoms with Gasteiger partial charge in [0.25, 0.3) is 0 Å². The van der Waals surface area contributed by atoms with Gasteiger partial charge in [-0.3, -0.25) is 9.69 Å². The van der Waals surface area contributed by atoms with Crippen LogP contribution in [0.15, 0.2) is 40.8 Å². The molecule has 2 aromatic heterocycles. The molecule has 3 aromatic rings. The summed E-state index contributed by atoms with van der Waals surface area (Å²) in [4.78, 5) is 18.4. The second-order valence-electron chi connectivity index (χ2n) is 7.17. The number of para-hydroxylation sites is 1. The smallest absolute Gasteiger partial charge is 0.220 e. The molecule has 0 unspecified atom stereocenters. The summed E-state index contributed by atoms with van der Waals surface area (Å²) in [5.74, 6) is 2.01. The van der Waals surface area contributed by atoms with Crippen molar-refractivity contribution in [3.05, 3.63) is 42.2 Å². The Kier molecular flexibility index (Phi) is 3.43. The van der Waals surface area contributed by atoms with Crippen LogP contribution in [0.3, 0.4) is 0 Å². The summed E-state index contributed by atoms with van der Waals surface area (Å²) in [6.45, 7) is 3.70. The number of amides is 1. The number of thiazole rings is 1. The molecule has 1 aromatic carbocycles. The van der Waals surface area contributed by atoms with E-state index in [2.05, 4.69) is 27.3 Å². The number of fused-ring (bicyclic) bond motifs is 1. The number of furan rings is 1. The van der Waals surface area contributed by atoms with E-state index in [1.807, 2.05) is 24.3 Å². The predicted molar refractivity (Wildman–Crippen MR) is 97.3 cm³/mol. The van der Waals surface area contributed by atoms with Crippen LogP contribution in [0.25, 0.3) is 21.0 Å². The number of nitrogens with zero attached hydrogens (tertiary/aromatic N) is 2.